The Labute approximate surface area is 113 Å². The van der Waals surface area contributed by atoms with Gasteiger partial charge in [0, 0.05) is 10.4 Å². The van der Waals surface area contributed by atoms with E-state index in [1.54, 1.807) is 20.7 Å². The van der Waals surface area contributed by atoms with Crippen LogP contribution in [0.15, 0.2) is 42.5 Å². The average Bonchev–Trinajstić information content (AvgIpc) is 2.68. The highest BCUT2D eigenvalue weighted by Crippen LogP contribution is 2.34. The average molecular weight is 274 g/mol. The van der Waals surface area contributed by atoms with Gasteiger partial charge in [0.1, 0.15) is 3.82 Å². The molecule has 0 amide bonds. The molecule has 84 valence electrons. The lowest BCUT2D eigenvalue weighted by Gasteiger charge is -2.02. The molecule has 1 aromatic heterocycles. The Kier molecular flexibility index (Phi) is 2.82. The van der Waals surface area contributed by atoms with Crippen LogP contribution in [-0.2, 0) is 0 Å². The SMILES string of the molecule is Cc1ssc(=S)c1-c1ccc2ccccc2c1. The van der Waals surface area contributed by atoms with Gasteiger partial charge >= 0.3 is 0 Å². The maximum atomic E-state index is 5.41. The number of benzene rings is 2. The molecule has 0 saturated carbocycles. The van der Waals surface area contributed by atoms with Crippen molar-refractivity contribution in [3.05, 3.63) is 51.2 Å². The zero-order valence-corrected chi connectivity index (χ0v) is 11.7. The topological polar surface area (TPSA) is 0 Å². The van der Waals surface area contributed by atoms with Crippen molar-refractivity contribution in [2.45, 2.75) is 6.92 Å². The van der Waals surface area contributed by atoms with Crippen molar-refractivity contribution in [1.82, 2.24) is 0 Å². The monoisotopic (exact) mass is 274 g/mol. The molecule has 0 atom stereocenters. The molecule has 0 spiro atoms. The highest BCUT2D eigenvalue weighted by atomic mass is 32.9. The summed E-state index contributed by atoms with van der Waals surface area (Å²) in [5.41, 5.74) is 2.48. The second-order valence-electron chi connectivity index (χ2n) is 3.95. The molecule has 0 aliphatic heterocycles. The van der Waals surface area contributed by atoms with E-state index < -0.39 is 0 Å². The molecular weight excluding hydrogens is 264 g/mol. The first kappa shape index (κ1) is 11.1. The molecule has 0 fully saturated rings. The summed E-state index contributed by atoms with van der Waals surface area (Å²) < 4.78 is 1.00. The van der Waals surface area contributed by atoms with Crippen molar-refractivity contribution in [1.29, 1.82) is 0 Å². The van der Waals surface area contributed by atoms with Crippen molar-refractivity contribution in [3.8, 4) is 11.1 Å². The fourth-order valence-electron chi connectivity index (χ4n) is 1.99. The molecule has 3 heteroatoms. The zero-order valence-electron chi connectivity index (χ0n) is 9.27. The molecule has 17 heavy (non-hydrogen) atoms. The van der Waals surface area contributed by atoms with Crippen LogP contribution in [0.5, 0.6) is 0 Å². The third-order valence-electron chi connectivity index (χ3n) is 2.84. The molecule has 3 rings (SSSR count). The van der Waals surface area contributed by atoms with Crippen molar-refractivity contribution >= 4 is 43.7 Å². The largest absolute Gasteiger partial charge is 0.109 e. The van der Waals surface area contributed by atoms with Crippen LogP contribution in [0.2, 0.25) is 0 Å². The molecule has 0 unspecified atom stereocenters. The van der Waals surface area contributed by atoms with E-state index in [1.807, 2.05) is 0 Å². The molecule has 0 aliphatic carbocycles. The van der Waals surface area contributed by atoms with Gasteiger partial charge in [-0.1, -0.05) is 69.3 Å². The van der Waals surface area contributed by atoms with E-state index in [0.717, 1.165) is 3.82 Å². The summed E-state index contributed by atoms with van der Waals surface area (Å²) in [6, 6.07) is 15.0. The third-order valence-corrected chi connectivity index (χ3v) is 6.00. The Balaban J connectivity index is 2.29. The van der Waals surface area contributed by atoms with Gasteiger partial charge in [0.25, 0.3) is 0 Å². The van der Waals surface area contributed by atoms with Gasteiger partial charge < -0.3 is 0 Å². The van der Waals surface area contributed by atoms with E-state index >= 15 is 0 Å². The van der Waals surface area contributed by atoms with Crippen LogP contribution in [0.1, 0.15) is 4.88 Å². The molecule has 0 N–H and O–H groups in total. The van der Waals surface area contributed by atoms with Gasteiger partial charge in [0.05, 0.1) is 0 Å². The standard InChI is InChI=1S/C14H10S3/c1-9-13(14(15)17-16-9)12-7-6-10-4-2-3-5-11(10)8-12/h2-8H,1H3. The number of hydrogen-bond donors (Lipinski definition) is 0. The summed E-state index contributed by atoms with van der Waals surface area (Å²) in [5, 5.41) is 2.55. The quantitative estimate of drug-likeness (QED) is 0.407. The predicted molar refractivity (Wildman–Crippen MR) is 80.7 cm³/mol. The maximum Gasteiger partial charge on any atom is 0.109 e. The highest BCUT2D eigenvalue weighted by molar-refractivity contribution is 7.79. The Bertz CT molecular complexity index is 734. The third kappa shape index (κ3) is 1.95. The van der Waals surface area contributed by atoms with E-state index in [4.69, 9.17) is 12.2 Å². The Hall–Kier alpha value is -1.03. The van der Waals surface area contributed by atoms with E-state index in [9.17, 15) is 0 Å². The summed E-state index contributed by atoms with van der Waals surface area (Å²) in [5.74, 6) is 0. The van der Waals surface area contributed by atoms with Crippen LogP contribution in [0.4, 0.5) is 0 Å². The molecule has 0 radical (unpaired) electrons. The molecule has 0 nitrogen and oxygen atoms in total. The lowest BCUT2D eigenvalue weighted by Crippen LogP contribution is -1.79. The van der Waals surface area contributed by atoms with Gasteiger partial charge in [-0.3, -0.25) is 0 Å². The van der Waals surface area contributed by atoms with Gasteiger partial charge in [0.15, 0.2) is 0 Å². The first-order valence-electron chi connectivity index (χ1n) is 5.34. The molecule has 2 aromatic carbocycles. The Morgan fingerprint density at radius 2 is 1.71 bits per heavy atom. The van der Waals surface area contributed by atoms with Crippen LogP contribution in [0.3, 0.4) is 0 Å². The van der Waals surface area contributed by atoms with E-state index in [0.29, 0.717) is 0 Å². The lowest BCUT2D eigenvalue weighted by atomic mass is 10.0. The number of fused-ring (bicyclic) bond motifs is 1. The van der Waals surface area contributed by atoms with Gasteiger partial charge in [0.2, 0.25) is 0 Å². The fraction of sp³-hybridized carbons (Fsp3) is 0.0714. The summed E-state index contributed by atoms with van der Waals surface area (Å²) in [7, 11) is 3.46. The zero-order chi connectivity index (χ0) is 11.8. The molecule has 0 bridgehead atoms. The molecule has 0 saturated heterocycles. The van der Waals surface area contributed by atoms with Crippen molar-refractivity contribution in [2.24, 2.45) is 0 Å². The first-order chi connectivity index (χ1) is 8.25. The van der Waals surface area contributed by atoms with Gasteiger partial charge in [-0.05, 0) is 29.3 Å². The predicted octanol–water partition coefficient (Wildman–Crippen LogP) is 5.67. The van der Waals surface area contributed by atoms with Crippen molar-refractivity contribution in [3.63, 3.8) is 0 Å². The lowest BCUT2D eigenvalue weighted by molar-refractivity contribution is 1.60. The summed E-state index contributed by atoms with van der Waals surface area (Å²) >= 11 is 5.41. The second kappa shape index (κ2) is 4.33. The maximum absolute atomic E-state index is 5.41. The van der Waals surface area contributed by atoms with Gasteiger partial charge in [-0.2, -0.15) is 0 Å². The van der Waals surface area contributed by atoms with Crippen molar-refractivity contribution < 1.29 is 0 Å². The van der Waals surface area contributed by atoms with Gasteiger partial charge in [-0.15, -0.1) is 0 Å². The number of rotatable bonds is 1. The minimum Gasteiger partial charge on any atom is -0.0833 e. The fourth-order valence-corrected chi connectivity index (χ4v) is 4.66. The van der Waals surface area contributed by atoms with E-state index in [-0.39, 0.29) is 0 Å². The van der Waals surface area contributed by atoms with Gasteiger partial charge in [-0.25, -0.2) is 0 Å². The second-order valence-corrected chi connectivity index (χ2v) is 6.97. The Morgan fingerprint density at radius 1 is 0.941 bits per heavy atom. The normalized spacial score (nSPS) is 10.9. The minimum atomic E-state index is 1.00. The van der Waals surface area contributed by atoms with Crippen LogP contribution in [0.25, 0.3) is 21.9 Å². The molecule has 3 aromatic rings. The van der Waals surface area contributed by atoms with Crippen LogP contribution < -0.4 is 0 Å². The minimum absolute atomic E-state index is 1.00. The summed E-state index contributed by atoms with van der Waals surface area (Å²) in [4.78, 5) is 1.32. The number of aryl methyl sites for hydroxylation is 1. The molecule has 1 heterocycles. The smallest absolute Gasteiger partial charge is 0.0833 e. The van der Waals surface area contributed by atoms with Crippen LogP contribution in [0, 0.1) is 10.7 Å². The van der Waals surface area contributed by atoms with E-state index in [1.165, 1.54) is 26.8 Å². The molecular formula is C14H10S3. The number of hydrogen-bond acceptors (Lipinski definition) is 3. The molecule has 0 aliphatic rings. The van der Waals surface area contributed by atoms with Crippen LogP contribution in [-0.4, -0.2) is 0 Å². The van der Waals surface area contributed by atoms with E-state index in [2.05, 4.69) is 49.4 Å². The van der Waals surface area contributed by atoms with Crippen LogP contribution >= 0.6 is 32.9 Å². The Morgan fingerprint density at radius 3 is 2.41 bits per heavy atom. The highest BCUT2D eigenvalue weighted by Gasteiger charge is 2.07. The van der Waals surface area contributed by atoms with Crippen molar-refractivity contribution in [2.75, 3.05) is 0 Å². The summed E-state index contributed by atoms with van der Waals surface area (Å²) in [6.45, 7) is 2.14. The first-order valence-corrected chi connectivity index (χ1v) is 7.90. The summed E-state index contributed by atoms with van der Waals surface area (Å²) in [6.07, 6.45) is 0.